The number of rotatable bonds is 10. The molecule has 0 aliphatic carbocycles. The molecule has 1 unspecified atom stereocenters. The molecule has 176 valence electrons. The van der Waals surface area contributed by atoms with Crippen LogP contribution in [0.25, 0.3) is 0 Å². The first-order valence-electron chi connectivity index (χ1n) is 11.5. The number of nitrogens with zero attached hydrogens (tertiary/aromatic N) is 1. The highest BCUT2D eigenvalue weighted by Gasteiger charge is 2.28. The molecule has 0 saturated heterocycles. The van der Waals surface area contributed by atoms with Crippen LogP contribution in [0, 0.1) is 0 Å². The third kappa shape index (κ3) is 6.02. The van der Waals surface area contributed by atoms with Crippen molar-refractivity contribution < 1.29 is 19.4 Å². The fraction of sp³-hybridized carbons (Fsp3) is 0.133. The monoisotopic (exact) mass is 465 g/mol. The van der Waals surface area contributed by atoms with Crippen molar-refractivity contribution in [3.63, 3.8) is 0 Å². The van der Waals surface area contributed by atoms with Crippen molar-refractivity contribution in [2.45, 2.75) is 19.2 Å². The van der Waals surface area contributed by atoms with Gasteiger partial charge in [-0.05, 0) is 34.9 Å². The average molecular weight is 466 g/mol. The summed E-state index contributed by atoms with van der Waals surface area (Å²) in [7, 11) is 0. The Hall–Kier alpha value is -4.22. The van der Waals surface area contributed by atoms with Crippen LogP contribution in [-0.4, -0.2) is 28.8 Å². The SMILES string of the molecule is O=Cc1ccc(OCc2ccccc2)c(C(=O)N(Cc2ccccc2)C(CO)c2ccccc2)c1. The Morgan fingerprint density at radius 2 is 1.43 bits per heavy atom. The highest BCUT2D eigenvalue weighted by Crippen LogP contribution is 2.29. The van der Waals surface area contributed by atoms with Gasteiger partial charge in [-0.1, -0.05) is 91.0 Å². The lowest BCUT2D eigenvalue weighted by molar-refractivity contribution is 0.0563. The van der Waals surface area contributed by atoms with Gasteiger partial charge in [0.05, 0.1) is 18.2 Å². The van der Waals surface area contributed by atoms with E-state index in [2.05, 4.69) is 0 Å². The summed E-state index contributed by atoms with van der Waals surface area (Å²) >= 11 is 0. The van der Waals surface area contributed by atoms with Crippen molar-refractivity contribution in [3.8, 4) is 5.75 Å². The Morgan fingerprint density at radius 3 is 2.03 bits per heavy atom. The minimum atomic E-state index is -0.578. The predicted octanol–water partition coefficient (Wildman–Crippen LogP) is 5.45. The number of carbonyl (C=O) groups excluding carboxylic acids is 2. The molecule has 0 bridgehead atoms. The molecule has 0 spiro atoms. The maximum atomic E-state index is 14.0. The van der Waals surface area contributed by atoms with Crippen LogP contribution in [0.2, 0.25) is 0 Å². The first-order chi connectivity index (χ1) is 17.2. The second-order valence-corrected chi connectivity index (χ2v) is 8.18. The molecular weight excluding hydrogens is 438 g/mol. The summed E-state index contributed by atoms with van der Waals surface area (Å²) in [4.78, 5) is 27.2. The largest absolute Gasteiger partial charge is 0.488 e. The lowest BCUT2D eigenvalue weighted by atomic mass is 10.0. The zero-order valence-electron chi connectivity index (χ0n) is 19.3. The minimum absolute atomic E-state index is 0.254. The number of aliphatic hydroxyl groups is 1. The molecule has 0 fully saturated rings. The molecule has 0 aromatic heterocycles. The van der Waals surface area contributed by atoms with Crippen LogP contribution in [0.3, 0.4) is 0 Å². The van der Waals surface area contributed by atoms with Gasteiger partial charge in [0.2, 0.25) is 0 Å². The quantitative estimate of drug-likeness (QED) is 0.316. The van der Waals surface area contributed by atoms with E-state index in [0.717, 1.165) is 16.7 Å². The highest BCUT2D eigenvalue weighted by molar-refractivity contribution is 5.98. The van der Waals surface area contributed by atoms with Gasteiger partial charge < -0.3 is 14.7 Å². The van der Waals surface area contributed by atoms with Crippen LogP contribution >= 0.6 is 0 Å². The van der Waals surface area contributed by atoms with E-state index in [1.807, 2.05) is 91.0 Å². The lowest BCUT2D eigenvalue weighted by Crippen LogP contribution is -2.36. The Kier molecular flexibility index (Phi) is 8.04. The normalized spacial score (nSPS) is 11.5. The second-order valence-electron chi connectivity index (χ2n) is 8.18. The number of aldehydes is 1. The molecule has 0 heterocycles. The van der Waals surface area contributed by atoms with Crippen molar-refractivity contribution in [3.05, 3.63) is 137 Å². The van der Waals surface area contributed by atoms with Crippen LogP contribution in [-0.2, 0) is 13.2 Å². The molecule has 1 N–H and O–H groups in total. The van der Waals surface area contributed by atoms with Crippen molar-refractivity contribution in [2.24, 2.45) is 0 Å². The molecule has 0 radical (unpaired) electrons. The average Bonchev–Trinajstić information content (AvgIpc) is 2.93. The summed E-state index contributed by atoms with van der Waals surface area (Å²) in [5, 5.41) is 10.4. The van der Waals surface area contributed by atoms with Gasteiger partial charge in [0.15, 0.2) is 0 Å². The van der Waals surface area contributed by atoms with Crippen LogP contribution in [0.1, 0.15) is 43.4 Å². The number of ether oxygens (including phenoxy) is 1. The Bertz CT molecular complexity index is 1240. The molecular formula is C30H27NO4. The van der Waals surface area contributed by atoms with Gasteiger partial charge in [0.1, 0.15) is 18.6 Å². The summed E-state index contributed by atoms with van der Waals surface area (Å²) in [6.45, 7) is 0.307. The number of hydrogen-bond acceptors (Lipinski definition) is 4. The zero-order valence-corrected chi connectivity index (χ0v) is 19.3. The fourth-order valence-electron chi connectivity index (χ4n) is 3.97. The maximum Gasteiger partial charge on any atom is 0.258 e. The van der Waals surface area contributed by atoms with E-state index in [1.54, 1.807) is 23.1 Å². The summed E-state index contributed by atoms with van der Waals surface area (Å²) in [6.07, 6.45) is 0.708. The number of benzene rings is 4. The van der Waals surface area contributed by atoms with Crippen molar-refractivity contribution in [1.29, 1.82) is 0 Å². The van der Waals surface area contributed by atoms with Crippen LogP contribution in [0.5, 0.6) is 5.75 Å². The van der Waals surface area contributed by atoms with Gasteiger partial charge in [-0.15, -0.1) is 0 Å². The molecule has 1 amide bonds. The van der Waals surface area contributed by atoms with Gasteiger partial charge in [-0.3, -0.25) is 9.59 Å². The minimum Gasteiger partial charge on any atom is -0.488 e. The van der Waals surface area contributed by atoms with E-state index in [-0.39, 0.29) is 31.2 Å². The molecule has 4 aromatic carbocycles. The summed E-state index contributed by atoms with van der Waals surface area (Å²) in [5.74, 6) is 0.0517. The van der Waals surface area contributed by atoms with E-state index >= 15 is 0 Å². The summed E-state index contributed by atoms with van der Waals surface area (Å²) < 4.78 is 6.04. The highest BCUT2D eigenvalue weighted by atomic mass is 16.5. The maximum absolute atomic E-state index is 14.0. The van der Waals surface area contributed by atoms with E-state index < -0.39 is 6.04 Å². The van der Waals surface area contributed by atoms with Crippen LogP contribution in [0.4, 0.5) is 0 Å². The standard InChI is InChI=1S/C30H27NO4/c32-20-25-16-17-29(35-22-24-12-6-2-7-13-24)27(18-25)30(34)31(19-23-10-4-1-5-11-23)28(21-33)26-14-8-3-9-15-26/h1-18,20,28,33H,19,21-22H2. The Morgan fingerprint density at radius 1 is 0.829 bits per heavy atom. The van der Waals surface area contributed by atoms with Crippen LogP contribution in [0.15, 0.2) is 109 Å². The van der Waals surface area contributed by atoms with Gasteiger partial charge in [-0.25, -0.2) is 0 Å². The van der Waals surface area contributed by atoms with E-state index in [9.17, 15) is 14.7 Å². The van der Waals surface area contributed by atoms with Gasteiger partial charge in [0.25, 0.3) is 5.91 Å². The molecule has 4 rings (SSSR count). The predicted molar refractivity (Wildman–Crippen MR) is 135 cm³/mol. The topological polar surface area (TPSA) is 66.8 Å². The Balaban J connectivity index is 1.72. The number of hydrogen-bond donors (Lipinski definition) is 1. The van der Waals surface area contributed by atoms with Crippen LogP contribution < -0.4 is 4.74 Å². The third-order valence-electron chi connectivity index (χ3n) is 5.80. The third-order valence-corrected chi connectivity index (χ3v) is 5.80. The zero-order chi connectivity index (χ0) is 24.5. The molecule has 0 aliphatic rings. The number of aliphatic hydroxyl groups excluding tert-OH is 1. The molecule has 5 heteroatoms. The summed E-state index contributed by atoms with van der Waals surface area (Å²) in [6, 6.07) is 33.0. The van der Waals surface area contributed by atoms with E-state index in [1.165, 1.54) is 0 Å². The fourth-order valence-corrected chi connectivity index (χ4v) is 3.97. The molecule has 4 aromatic rings. The van der Waals surface area contributed by atoms with Gasteiger partial charge >= 0.3 is 0 Å². The molecule has 1 atom stereocenters. The van der Waals surface area contributed by atoms with Crippen molar-refractivity contribution >= 4 is 12.2 Å². The second kappa shape index (κ2) is 11.8. The first-order valence-corrected chi connectivity index (χ1v) is 11.5. The first kappa shape index (κ1) is 23.9. The molecule has 0 aliphatic heterocycles. The molecule has 5 nitrogen and oxygen atoms in total. The molecule has 35 heavy (non-hydrogen) atoms. The Labute approximate surface area is 205 Å². The molecule has 0 saturated carbocycles. The number of carbonyl (C=O) groups is 2. The van der Waals surface area contributed by atoms with Gasteiger partial charge in [-0.2, -0.15) is 0 Å². The van der Waals surface area contributed by atoms with Crippen molar-refractivity contribution in [1.82, 2.24) is 4.90 Å². The van der Waals surface area contributed by atoms with Gasteiger partial charge in [0, 0.05) is 12.1 Å². The lowest BCUT2D eigenvalue weighted by Gasteiger charge is -2.32. The summed E-state index contributed by atoms with van der Waals surface area (Å²) in [5.41, 5.74) is 3.35. The number of amides is 1. The van der Waals surface area contributed by atoms with E-state index in [4.69, 9.17) is 4.74 Å². The van der Waals surface area contributed by atoms with Crippen molar-refractivity contribution in [2.75, 3.05) is 6.61 Å². The van der Waals surface area contributed by atoms with E-state index in [0.29, 0.717) is 17.6 Å². The smallest absolute Gasteiger partial charge is 0.258 e.